The second-order valence-corrected chi connectivity index (χ2v) is 17.0. The van der Waals surface area contributed by atoms with Gasteiger partial charge >= 0.3 is 19.8 Å². The Balaban J connectivity index is 2.18. The Bertz CT molecular complexity index is 985. The molecular formula is C41H79O13P. The van der Waals surface area contributed by atoms with Crippen molar-refractivity contribution in [1.29, 1.82) is 0 Å². The van der Waals surface area contributed by atoms with Gasteiger partial charge in [-0.1, -0.05) is 168 Å². The number of ether oxygens (including phenoxy) is 2. The van der Waals surface area contributed by atoms with E-state index >= 15 is 0 Å². The summed E-state index contributed by atoms with van der Waals surface area (Å²) in [6, 6.07) is 0. The lowest BCUT2D eigenvalue weighted by Crippen LogP contribution is -2.64. The SMILES string of the molecule is CCCCCCCCCCCCCCCCCCCCCCCCCCC(=O)OC(COC(=O)CCCC)COP(=O)(O)OC1C(O)C(O)C(O)C(O)C1O. The highest BCUT2D eigenvalue weighted by molar-refractivity contribution is 7.47. The molecule has 14 heteroatoms. The van der Waals surface area contributed by atoms with Crippen LogP contribution in [0.5, 0.6) is 0 Å². The number of unbranched alkanes of at least 4 members (excludes halogenated alkanes) is 24. The van der Waals surface area contributed by atoms with E-state index in [0.29, 0.717) is 12.8 Å². The van der Waals surface area contributed by atoms with Crippen LogP contribution in [0.15, 0.2) is 0 Å². The molecule has 6 atom stereocenters. The molecule has 0 heterocycles. The van der Waals surface area contributed by atoms with Crippen LogP contribution in [0.25, 0.3) is 0 Å². The van der Waals surface area contributed by atoms with Gasteiger partial charge < -0.3 is 39.9 Å². The Hall–Kier alpha value is -1.15. The van der Waals surface area contributed by atoms with Gasteiger partial charge in [0, 0.05) is 12.8 Å². The molecule has 1 saturated carbocycles. The zero-order valence-electron chi connectivity index (χ0n) is 34.2. The largest absolute Gasteiger partial charge is 0.472 e. The van der Waals surface area contributed by atoms with E-state index in [0.717, 1.165) is 25.7 Å². The molecule has 0 saturated heterocycles. The maximum absolute atomic E-state index is 12.6. The molecule has 6 N–H and O–H groups in total. The van der Waals surface area contributed by atoms with E-state index in [4.69, 9.17) is 18.5 Å². The molecule has 1 rings (SSSR count). The smallest absolute Gasteiger partial charge is 0.462 e. The molecule has 0 radical (unpaired) electrons. The van der Waals surface area contributed by atoms with Gasteiger partial charge in [-0.2, -0.15) is 0 Å². The van der Waals surface area contributed by atoms with Crippen LogP contribution in [0.2, 0.25) is 0 Å². The normalized spacial score (nSPS) is 23.0. The van der Waals surface area contributed by atoms with Crippen molar-refractivity contribution in [3.63, 3.8) is 0 Å². The van der Waals surface area contributed by atoms with Crippen LogP contribution in [0.3, 0.4) is 0 Å². The summed E-state index contributed by atoms with van der Waals surface area (Å²) >= 11 is 0. The van der Waals surface area contributed by atoms with Crippen molar-refractivity contribution < 1.29 is 63.1 Å². The molecule has 0 aromatic rings. The van der Waals surface area contributed by atoms with Crippen molar-refractivity contribution in [2.45, 2.75) is 236 Å². The van der Waals surface area contributed by atoms with E-state index in [2.05, 4.69) is 6.92 Å². The number of rotatable bonds is 36. The quantitative estimate of drug-likeness (QED) is 0.0204. The van der Waals surface area contributed by atoms with Gasteiger partial charge in [0.15, 0.2) is 6.10 Å². The molecular weight excluding hydrogens is 731 g/mol. The van der Waals surface area contributed by atoms with E-state index in [1.165, 1.54) is 128 Å². The predicted octanol–water partition coefficient (Wildman–Crippen LogP) is 7.72. The molecule has 1 aliphatic carbocycles. The average molecular weight is 811 g/mol. The minimum atomic E-state index is -5.09. The van der Waals surface area contributed by atoms with Gasteiger partial charge in [-0.25, -0.2) is 4.57 Å². The van der Waals surface area contributed by atoms with E-state index in [-0.39, 0.29) is 12.8 Å². The van der Waals surface area contributed by atoms with Crippen LogP contribution in [-0.4, -0.2) is 98.3 Å². The summed E-state index contributed by atoms with van der Waals surface area (Å²) in [5, 5.41) is 49.7. The number of carbonyl (C=O) groups is 2. The molecule has 0 aromatic heterocycles. The minimum absolute atomic E-state index is 0.103. The first kappa shape index (κ1) is 51.9. The van der Waals surface area contributed by atoms with E-state index in [1.54, 1.807) is 0 Å². The van der Waals surface area contributed by atoms with Gasteiger partial charge in [0.25, 0.3) is 0 Å². The number of phosphoric acid groups is 1. The highest BCUT2D eigenvalue weighted by Crippen LogP contribution is 2.47. The van der Waals surface area contributed by atoms with Gasteiger partial charge in [-0.3, -0.25) is 18.6 Å². The molecule has 0 aromatic carbocycles. The van der Waals surface area contributed by atoms with Crippen LogP contribution in [0, 0.1) is 0 Å². The van der Waals surface area contributed by atoms with Crippen molar-refractivity contribution >= 4 is 19.8 Å². The summed E-state index contributed by atoms with van der Waals surface area (Å²) in [6.45, 7) is 3.01. The third-order valence-electron chi connectivity index (χ3n) is 10.4. The minimum Gasteiger partial charge on any atom is -0.462 e. The second kappa shape index (κ2) is 32.8. The summed E-state index contributed by atoms with van der Waals surface area (Å²) < 4.78 is 33.0. The summed E-state index contributed by atoms with van der Waals surface area (Å²) in [7, 11) is -5.09. The van der Waals surface area contributed by atoms with Crippen LogP contribution in [0.4, 0.5) is 0 Å². The predicted molar refractivity (Wildman–Crippen MR) is 212 cm³/mol. The summed E-state index contributed by atoms with van der Waals surface area (Å²) in [6.07, 6.45) is 19.1. The van der Waals surface area contributed by atoms with Crippen LogP contribution in [-0.2, 0) is 32.7 Å². The van der Waals surface area contributed by atoms with E-state index in [9.17, 15) is 44.6 Å². The lowest BCUT2D eigenvalue weighted by Gasteiger charge is -2.41. The average Bonchev–Trinajstić information content (AvgIpc) is 3.16. The first-order valence-corrected chi connectivity index (χ1v) is 23.3. The lowest BCUT2D eigenvalue weighted by molar-refractivity contribution is -0.220. The topological polar surface area (TPSA) is 210 Å². The summed E-state index contributed by atoms with van der Waals surface area (Å²) in [5.41, 5.74) is 0. The van der Waals surface area contributed by atoms with Gasteiger partial charge in [0.2, 0.25) is 0 Å². The molecule has 13 nitrogen and oxygen atoms in total. The van der Waals surface area contributed by atoms with Gasteiger partial charge in [0.1, 0.15) is 43.2 Å². The standard InChI is InChI=1S/C41H79O13P/c1-3-5-7-8-9-10-11-12-13-14-15-16-17-18-19-20-21-22-23-24-25-26-27-28-30-35(43)53-33(31-51-34(42)29-6-4-2)32-52-55(49,50)54-41-39(47)37(45)36(44)38(46)40(41)48/h33,36-41,44-48H,3-32H2,1-2H3,(H,49,50). The maximum Gasteiger partial charge on any atom is 0.472 e. The van der Waals surface area contributed by atoms with Crippen LogP contribution >= 0.6 is 7.82 Å². The van der Waals surface area contributed by atoms with Crippen molar-refractivity contribution in [2.75, 3.05) is 13.2 Å². The number of hydrogen-bond acceptors (Lipinski definition) is 12. The number of aliphatic hydroxyl groups excluding tert-OH is 5. The molecule has 1 aliphatic rings. The van der Waals surface area contributed by atoms with Crippen LogP contribution in [0.1, 0.15) is 194 Å². The monoisotopic (exact) mass is 811 g/mol. The second-order valence-electron chi connectivity index (χ2n) is 15.6. The van der Waals surface area contributed by atoms with Crippen LogP contribution < -0.4 is 0 Å². The molecule has 6 unspecified atom stereocenters. The fourth-order valence-corrected chi connectivity index (χ4v) is 7.83. The fourth-order valence-electron chi connectivity index (χ4n) is 6.85. The zero-order valence-corrected chi connectivity index (χ0v) is 35.1. The van der Waals surface area contributed by atoms with Gasteiger partial charge in [0.05, 0.1) is 6.61 Å². The van der Waals surface area contributed by atoms with Crippen molar-refractivity contribution in [1.82, 2.24) is 0 Å². The Morgan fingerprint density at radius 2 is 0.836 bits per heavy atom. The maximum atomic E-state index is 12.6. The zero-order chi connectivity index (χ0) is 40.7. The molecule has 0 spiro atoms. The van der Waals surface area contributed by atoms with E-state index < -0.39 is 75.7 Å². The van der Waals surface area contributed by atoms with Crippen molar-refractivity contribution in [3.05, 3.63) is 0 Å². The molecule has 0 aliphatic heterocycles. The van der Waals surface area contributed by atoms with Gasteiger partial charge in [-0.05, 0) is 12.8 Å². The first-order valence-electron chi connectivity index (χ1n) is 21.8. The highest BCUT2D eigenvalue weighted by Gasteiger charge is 2.51. The number of carbonyl (C=O) groups excluding carboxylic acids is 2. The number of phosphoric ester groups is 1. The number of aliphatic hydroxyl groups is 5. The molecule has 1 fully saturated rings. The Morgan fingerprint density at radius 3 is 1.24 bits per heavy atom. The highest BCUT2D eigenvalue weighted by atomic mass is 31.2. The summed E-state index contributed by atoms with van der Waals surface area (Å²) in [4.78, 5) is 34.9. The van der Waals surface area contributed by atoms with E-state index in [1.807, 2.05) is 6.92 Å². The molecule has 326 valence electrons. The Kier molecular flexibility index (Phi) is 30.9. The summed E-state index contributed by atoms with van der Waals surface area (Å²) in [5.74, 6) is -1.13. The number of esters is 2. The lowest BCUT2D eigenvalue weighted by atomic mass is 9.85. The first-order chi connectivity index (χ1) is 26.4. The Morgan fingerprint density at radius 1 is 0.491 bits per heavy atom. The van der Waals surface area contributed by atoms with Crippen molar-refractivity contribution in [3.8, 4) is 0 Å². The number of hydrogen-bond donors (Lipinski definition) is 6. The third-order valence-corrected chi connectivity index (χ3v) is 11.4. The molecule has 0 bridgehead atoms. The molecule has 0 amide bonds. The third kappa shape index (κ3) is 25.7. The molecule has 55 heavy (non-hydrogen) atoms. The fraction of sp³-hybridized carbons (Fsp3) is 0.951. The van der Waals surface area contributed by atoms with Crippen molar-refractivity contribution in [2.24, 2.45) is 0 Å². The Labute approximate surface area is 331 Å². The van der Waals surface area contributed by atoms with Gasteiger partial charge in [-0.15, -0.1) is 0 Å².